The highest BCUT2D eigenvalue weighted by atomic mass is 15.6. The van der Waals surface area contributed by atoms with Crippen molar-refractivity contribution in [2.75, 3.05) is 45.8 Å². The molecule has 138 valence electrons. The van der Waals surface area contributed by atoms with Crippen LogP contribution >= 0.6 is 0 Å². The maximum absolute atomic E-state index is 4.39. The molecule has 2 N–H and O–H groups in total. The van der Waals surface area contributed by atoms with Crippen molar-refractivity contribution in [3.05, 3.63) is 60.2 Å². The van der Waals surface area contributed by atoms with Crippen LogP contribution in [0.1, 0.15) is 24.0 Å². The van der Waals surface area contributed by atoms with E-state index in [0.717, 1.165) is 52.2 Å². The van der Waals surface area contributed by atoms with Gasteiger partial charge in [-0.1, -0.05) is 12.1 Å². The van der Waals surface area contributed by atoms with Crippen molar-refractivity contribution in [3.63, 3.8) is 0 Å². The Morgan fingerprint density at radius 2 is 1.50 bits per heavy atom. The van der Waals surface area contributed by atoms with Crippen LogP contribution in [0, 0.1) is 0 Å². The summed E-state index contributed by atoms with van der Waals surface area (Å²) in [5.41, 5.74) is 2.20. The quantitative estimate of drug-likeness (QED) is 0.867. The highest BCUT2D eigenvalue weighted by molar-refractivity contribution is 5.36. The molecule has 0 aliphatic carbocycles. The fraction of sp³-hybridized carbons (Fsp3) is 0.500. The molecule has 2 fully saturated rings. The minimum Gasteiger partial charge on any atom is -0.315 e. The molecular weight excluding hydrogens is 324 g/mol. The molecule has 0 atom stereocenters. The van der Waals surface area contributed by atoms with Crippen LogP contribution in [0.4, 0.5) is 0 Å². The van der Waals surface area contributed by atoms with Crippen molar-refractivity contribution in [2.45, 2.75) is 18.4 Å². The molecule has 0 aromatic carbocycles. The van der Waals surface area contributed by atoms with Crippen LogP contribution in [0.5, 0.6) is 0 Å². The third-order valence-electron chi connectivity index (χ3n) is 5.57. The Bertz CT molecular complexity index is 630. The molecule has 0 amide bonds. The van der Waals surface area contributed by atoms with Crippen LogP contribution in [0.15, 0.2) is 49.1 Å². The zero-order valence-electron chi connectivity index (χ0n) is 15.3. The van der Waals surface area contributed by atoms with E-state index in [1.54, 1.807) is 0 Å². The molecule has 6 heteroatoms. The van der Waals surface area contributed by atoms with Crippen molar-refractivity contribution in [2.24, 2.45) is 0 Å². The maximum Gasteiger partial charge on any atom is 0.0733 e. The van der Waals surface area contributed by atoms with E-state index in [9.17, 15) is 0 Å². The zero-order valence-corrected chi connectivity index (χ0v) is 15.3. The van der Waals surface area contributed by atoms with Gasteiger partial charge in [-0.3, -0.25) is 9.97 Å². The Hall–Kier alpha value is -1.86. The van der Waals surface area contributed by atoms with Crippen LogP contribution in [0.25, 0.3) is 0 Å². The van der Waals surface area contributed by atoms with Gasteiger partial charge in [0.05, 0.1) is 5.54 Å². The van der Waals surface area contributed by atoms with E-state index in [-0.39, 0.29) is 5.54 Å². The monoisotopic (exact) mass is 352 g/mol. The van der Waals surface area contributed by atoms with Gasteiger partial charge in [-0.15, -0.1) is 0 Å². The largest absolute Gasteiger partial charge is 0.315 e. The fourth-order valence-electron chi connectivity index (χ4n) is 4.18. The first-order chi connectivity index (χ1) is 12.9. The molecule has 6 nitrogen and oxygen atoms in total. The molecule has 2 saturated heterocycles. The first-order valence-corrected chi connectivity index (χ1v) is 9.65. The summed E-state index contributed by atoms with van der Waals surface area (Å²) in [6.07, 6.45) is 9.87. The first-order valence-electron chi connectivity index (χ1n) is 9.65. The SMILES string of the molecule is c1cncc(C2(c3cccnc3)CCN(N3CCCNCC3)CCN2)c1. The number of nitrogens with zero attached hydrogens (tertiary/aromatic N) is 4. The molecule has 0 unspecified atom stereocenters. The third-order valence-corrected chi connectivity index (χ3v) is 5.57. The van der Waals surface area contributed by atoms with E-state index in [4.69, 9.17) is 0 Å². The second-order valence-corrected chi connectivity index (χ2v) is 7.08. The molecule has 4 heterocycles. The molecule has 0 radical (unpaired) electrons. The van der Waals surface area contributed by atoms with E-state index in [1.165, 1.54) is 17.5 Å². The minimum absolute atomic E-state index is 0.235. The van der Waals surface area contributed by atoms with Crippen LogP contribution < -0.4 is 10.6 Å². The predicted octanol–water partition coefficient (Wildman–Crippen LogP) is 1.23. The van der Waals surface area contributed by atoms with Gasteiger partial charge in [-0.05, 0) is 42.6 Å². The summed E-state index contributed by atoms with van der Waals surface area (Å²) >= 11 is 0. The van der Waals surface area contributed by atoms with Gasteiger partial charge in [0.25, 0.3) is 0 Å². The summed E-state index contributed by atoms with van der Waals surface area (Å²) in [4.78, 5) is 8.78. The van der Waals surface area contributed by atoms with Gasteiger partial charge in [0.1, 0.15) is 0 Å². The molecule has 2 aliphatic rings. The lowest BCUT2D eigenvalue weighted by molar-refractivity contribution is -0.0151. The van der Waals surface area contributed by atoms with E-state index >= 15 is 0 Å². The number of hydrazine groups is 1. The molecule has 0 saturated carbocycles. The van der Waals surface area contributed by atoms with Gasteiger partial charge >= 0.3 is 0 Å². The summed E-state index contributed by atoms with van der Waals surface area (Å²) in [5.74, 6) is 0. The Balaban J connectivity index is 1.61. The average molecular weight is 352 g/mol. The fourth-order valence-corrected chi connectivity index (χ4v) is 4.18. The number of nitrogens with one attached hydrogen (secondary N) is 2. The predicted molar refractivity (Wildman–Crippen MR) is 103 cm³/mol. The normalized spacial score (nSPS) is 22.5. The zero-order chi connectivity index (χ0) is 17.7. The van der Waals surface area contributed by atoms with E-state index in [2.05, 4.69) is 42.8 Å². The van der Waals surface area contributed by atoms with Crippen LogP contribution in [0.3, 0.4) is 0 Å². The summed E-state index contributed by atoms with van der Waals surface area (Å²) in [7, 11) is 0. The van der Waals surface area contributed by atoms with Crippen molar-refractivity contribution < 1.29 is 0 Å². The van der Waals surface area contributed by atoms with Gasteiger partial charge in [-0.25, -0.2) is 10.0 Å². The molecule has 4 rings (SSSR count). The van der Waals surface area contributed by atoms with Gasteiger partial charge in [0.2, 0.25) is 0 Å². The average Bonchev–Trinajstić information content (AvgIpc) is 3.11. The summed E-state index contributed by atoms with van der Waals surface area (Å²) in [5, 5.41) is 12.4. The maximum atomic E-state index is 4.39. The number of hydrogen-bond donors (Lipinski definition) is 2. The molecular formula is C20H28N6. The van der Waals surface area contributed by atoms with Crippen molar-refractivity contribution >= 4 is 0 Å². The number of aromatic nitrogens is 2. The lowest BCUT2D eigenvalue weighted by Crippen LogP contribution is -2.46. The van der Waals surface area contributed by atoms with Crippen molar-refractivity contribution in [3.8, 4) is 0 Å². The summed E-state index contributed by atoms with van der Waals surface area (Å²) in [6.45, 7) is 7.41. The minimum atomic E-state index is -0.235. The van der Waals surface area contributed by atoms with Gasteiger partial charge in [0.15, 0.2) is 0 Å². The lowest BCUT2D eigenvalue weighted by Gasteiger charge is -2.35. The smallest absolute Gasteiger partial charge is 0.0733 e. The van der Waals surface area contributed by atoms with Crippen LogP contribution in [-0.2, 0) is 5.54 Å². The second kappa shape index (κ2) is 8.22. The first kappa shape index (κ1) is 17.5. The Morgan fingerprint density at radius 3 is 2.19 bits per heavy atom. The Morgan fingerprint density at radius 1 is 0.808 bits per heavy atom. The Kier molecular flexibility index (Phi) is 5.55. The van der Waals surface area contributed by atoms with Gasteiger partial charge in [0, 0.05) is 64.1 Å². The Labute approximate surface area is 155 Å². The van der Waals surface area contributed by atoms with Crippen molar-refractivity contribution in [1.29, 1.82) is 0 Å². The van der Waals surface area contributed by atoms with Gasteiger partial charge in [-0.2, -0.15) is 0 Å². The van der Waals surface area contributed by atoms with Crippen LogP contribution in [-0.4, -0.2) is 65.8 Å². The van der Waals surface area contributed by atoms with Crippen LogP contribution in [0.2, 0.25) is 0 Å². The van der Waals surface area contributed by atoms with E-state index in [0.29, 0.717) is 0 Å². The number of pyridine rings is 2. The summed E-state index contributed by atoms with van der Waals surface area (Å²) < 4.78 is 0. The molecule has 2 aliphatic heterocycles. The molecule has 0 bridgehead atoms. The number of rotatable bonds is 3. The van der Waals surface area contributed by atoms with E-state index in [1.807, 2.05) is 36.9 Å². The third kappa shape index (κ3) is 3.64. The highest BCUT2D eigenvalue weighted by Gasteiger charge is 2.37. The number of hydrogen-bond acceptors (Lipinski definition) is 6. The molecule has 2 aromatic heterocycles. The van der Waals surface area contributed by atoms with E-state index < -0.39 is 0 Å². The molecule has 0 spiro atoms. The molecule has 26 heavy (non-hydrogen) atoms. The highest BCUT2D eigenvalue weighted by Crippen LogP contribution is 2.34. The topological polar surface area (TPSA) is 56.3 Å². The second-order valence-electron chi connectivity index (χ2n) is 7.08. The van der Waals surface area contributed by atoms with Gasteiger partial charge < -0.3 is 10.6 Å². The molecule has 2 aromatic rings. The standard InChI is InChI=1S/C20H28N6/c1-4-18(16-22-7-1)20(19-5-2-8-23-17-19)6-13-26(15-11-24-20)25-12-3-9-21-10-14-25/h1-2,4-5,7-8,16-17,21,24H,3,6,9-15H2. The lowest BCUT2D eigenvalue weighted by atomic mass is 9.81. The van der Waals surface area contributed by atoms with Crippen molar-refractivity contribution in [1.82, 2.24) is 30.6 Å². The summed E-state index contributed by atoms with van der Waals surface area (Å²) in [6, 6.07) is 8.41.